The maximum absolute atomic E-state index is 11.8. The number of hydrogen-bond donors (Lipinski definition) is 0. The molecule has 0 saturated heterocycles. The molecule has 0 amide bonds. The molecule has 1 fully saturated rings. The zero-order valence-electron chi connectivity index (χ0n) is 21.1. The van der Waals surface area contributed by atoms with Gasteiger partial charge in [-0.2, -0.15) is 0 Å². The van der Waals surface area contributed by atoms with Crippen LogP contribution in [0, 0.1) is 12.8 Å². The first-order valence-corrected chi connectivity index (χ1v) is 12.2. The molecule has 3 aromatic carbocycles. The quantitative estimate of drug-likeness (QED) is 0.176. The Balaban J connectivity index is 1.29. The molecule has 1 saturated carbocycles. The van der Waals surface area contributed by atoms with E-state index >= 15 is 0 Å². The number of ether oxygens (including phenoxy) is 3. The summed E-state index contributed by atoms with van der Waals surface area (Å²) >= 11 is 0. The lowest BCUT2D eigenvalue weighted by molar-refractivity contribution is -0.141. The Bertz CT molecular complexity index is 1170. The fourth-order valence-electron chi connectivity index (χ4n) is 4.23. The molecular formula is C30H33NO5. The minimum Gasteiger partial charge on any atom is -0.489 e. The molecule has 4 rings (SSSR count). The van der Waals surface area contributed by atoms with Crippen molar-refractivity contribution in [2.75, 3.05) is 20.8 Å². The molecule has 0 heterocycles. The van der Waals surface area contributed by atoms with E-state index < -0.39 is 0 Å². The van der Waals surface area contributed by atoms with Crippen LogP contribution in [0.4, 0.5) is 0 Å². The molecular weight excluding hydrogens is 454 g/mol. The van der Waals surface area contributed by atoms with Crippen molar-refractivity contribution < 1.29 is 23.8 Å². The molecule has 0 aromatic heterocycles. The van der Waals surface area contributed by atoms with Gasteiger partial charge in [0.2, 0.25) is 0 Å². The predicted octanol–water partition coefficient (Wildman–Crippen LogP) is 6.06. The van der Waals surface area contributed by atoms with E-state index in [1.54, 1.807) is 0 Å². The van der Waals surface area contributed by atoms with Crippen LogP contribution < -0.4 is 9.47 Å². The fraction of sp³-hybridized carbons (Fsp3) is 0.333. The zero-order valence-corrected chi connectivity index (χ0v) is 21.1. The standard InChI is InChI=1S/C30H33NO5/c1-21-5-4-6-25(17-21)29(31-34-3)20-36-26-13-7-22(8-14-26)19-35-27-15-11-24(12-16-27)28(23-9-10-23)18-30(32)33-2/h4-8,11-17,23,28H,9-10,18-20H2,1-3H3/b31-29+. The van der Waals surface area contributed by atoms with E-state index in [-0.39, 0.29) is 11.9 Å². The Kier molecular flexibility index (Phi) is 8.61. The highest BCUT2D eigenvalue weighted by molar-refractivity contribution is 6.01. The molecule has 1 aliphatic rings. The molecule has 6 heteroatoms. The van der Waals surface area contributed by atoms with E-state index in [0.29, 0.717) is 25.6 Å². The second-order valence-corrected chi connectivity index (χ2v) is 9.10. The molecule has 0 N–H and O–H groups in total. The van der Waals surface area contributed by atoms with E-state index in [2.05, 4.69) is 23.4 Å². The van der Waals surface area contributed by atoms with Crippen LogP contribution in [0.3, 0.4) is 0 Å². The Labute approximate surface area is 212 Å². The maximum Gasteiger partial charge on any atom is 0.306 e. The van der Waals surface area contributed by atoms with Crippen molar-refractivity contribution in [2.24, 2.45) is 11.1 Å². The predicted molar refractivity (Wildman–Crippen MR) is 140 cm³/mol. The number of carbonyl (C=O) groups excluding carboxylic acids is 1. The normalized spacial score (nSPS) is 14.1. The SMILES string of the molecule is CO/N=C(\COc1ccc(COc2ccc(C(CC(=O)OC)C3CC3)cc2)cc1)c1cccc(C)c1. The highest BCUT2D eigenvalue weighted by atomic mass is 16.6. The summed E-state index contributed by atoms with van der Waals surface area (Å²) in [5.74, 6) is 2.18. The number of aryl methyl sites for hydroxylation is 1. The van der Waals surface area contributed by atoms with Crippen LogP contribution in [0.5, 0.6) is 11.5 Å². The van der Waals surface area contributed by atoms with E-state index in [1.807, 2.05) is 61.5 Å². The third kappa shape index (κ3) is 7.11. The number of nitrogens with zero attached hydrogens (tertiary/aromatic N) is 1. The lowest BCUT2D eigenvalue weighted by atomic mass is 9.91. The van der Waals surface area contributed by atoms with Crippen LogP contribution in [0.1, 0.15) is 47.4 Å². The summed E-state index contributed by atoms with van der Waals surface area (Å²) in [6, 6.07) is 24.0. The summed E-state index contributed by atoms with van der Waals surface area (Å²) in [5.41, 5.74) is 5.06. The summed E-state index contributed by atoms with van der Waals surface area (Å²) in [4.78, 5) is 16.8. The van der Waals surface area contributed by atoms with E-state index in [4.69, 9.17) is 19.0 Å². The Morgan fingerprint density at radius 2 is 1.64 bits per heavy atom. The van der Waals surface area contributed by atoms with Gasteiger partial charge in [-0.15, -0.1) is 0 Å². The summed E-state index contributed by atoms with van der Waals surface area (Å²) in [6.45, 7) is 2.80. The Hall–Kier alpha value is -3.80. The monoisotopic (exact) mass is 487 g/mol. The van der Waals surface area contributed by atoms with Crippen LogP contribution in [-0.2, 0) is 21.0 Å². The summed E-state index contributed by atoms with van der Waals surface area (Å²) in [5, 5.41) is 4.13. The maximum atomic E-state index is 11.8. The van der Waals surface area contributed by atoms with Crippen molar-refractivity contribution in [1.82, 2.24) is 0 Å². The summed E-state index contributed by atoms with van der Waals surface area (Å²) in [6.07, 6.45) is 2.78. The topological polar surface area (TPSA) is 66.3 Å². The lowest BCUT2D eigenvalue weighted by Crippen LogP contribution is -2.13. The van der Waals surface area contributed by atoms with Crippen LogP contribution >= 0.6 is 0 Å². The van der Waals surface area contributed by atoms with E-state index in [1.165, 1.54) is 32.6 Å². The van der Waals surface area contributed by atoms with Crippen LogP contribution in [0.2, 0.25) is 0 Å². The highest BCUT2D eigenvalue weighted by Gasteiger charge is 2.33. The highest BCUT2D eigenvalue weighted by Crippen LogP contribution is 2.44. The minimum absolute atomic E-state index is 0.156. The number of methoxy groups -OCH3 is 1. The van der Waals surface area contributed by atoms with Gasteiger partial charge in [-0.3, -0.25) is 4.79 Å². The molecule has 0 aliphatic heterocycles. The van der Waals surface area contributed by atoms with Gasteiger partial charge in [0.1, 0.15) is 37.5 Å². The van der Waals surface area contributed by atoms with E-state index in [0.717, 1.165) is 33.9 Å². The van der Waals surface area contributed by atoms with Gasteiger partial charge in [0.05, 0.1) is 13.5 Å². The fourth-order valence-corrected chi connectivity index (χ4v) is 4.23. The summed E-state index contributed by atoms with van der Waals surface area (Å²) in [7, 11) is 2.98. The van der Waals surface area contributed by atoms with Crippen molar-refractivity contribution in [1.29, 1.82) is 0 Å². The van der Waals surface area contributed by atoms with Crippen LogP contribution in [-0.4, -0.2) is 32.5 Å². The lowest BCUT2D eigenvalue weighted by Gasteiger charge is -2.16. The summed E-state index contributed by atoms with van der Waals surface area (Å²) < 4.78 is 16.8. The molecule has 1 aliphatic carbocycles. The number of rotatable bonds is 12. The smallest absolute Gasteiger partial charge is 0.306 e. The van der Waals surface area contributed by atoms with Gasteiger partial charge in [-0.05, 0) is 73.1 Å². The van der Waals surface area contributed by atoms with Crippen molar-refractivity contribution in [3.05, 3.63) is 95.1 Å². The average molecular weight is 488 g/mol. The molecule has 3 aromatic rings. The first-order valence-electron chi connectivity index (χ1n) is 12.2. The Morgan fingerprint density at radius 3 is 2.28 bits per heavy atom. The molecule has 0 radical (unpaired) electrons. The number of hydrogen-bond acceptors (Lipinski definition) is 6. The third-order valence-electron chi connectivity index (χ3n) is 6.37. The second kappa shape index (κ2) is 12.2. The van der Waals surface area contributed by atoms with Crippen molar-refractivity contribution >= 4 is 11.7 Å². The van der Waals surface area contributed by atoms with Gasteiger partial charge in [0, 0.05) is 5.56 Å². The van der Waals surface area contributed by atoms with Crippen LogP contribution in [0.15, 0.2) is 78.0 Å². The van der Waals surface area contributed by atoms with Crippen LogP contribution in [0.25, 0.3) is 0 Å². The third-order valence-corrected chi connectivity index (χ3v) is 6.37. The minimum atomic E-state index is -0.156. The van der Waals surface area contributed by atoms with Gasteiger partial charge in [-0.25, -0.2) is 0 Å². The molecule has 1 unspecified atom stereocenters. The molecule has 0 spiro atoms. The van der Waals surface area contributed by atoms with Gasteiger partial charge in [-0.1, -0.05) is 53.2 Å². The molecule has 6 nitrogen and oxygen atoms in total. The van der Waals surface area contributed by atoms with Gasteiger partial charge < -0.3 is 19.0 Å². The first-order chi connectivity index (χ1) is 17.6. The van der Waals surface area contributed by atoms with E-state index in [9.17, 15) is 4.79 Å². The second-order valence-electron chi connectivity index (χ2n) is 9.10. The number of oxime groups is 1. The van der Waals surface area contributed by atoms with Crippen molar-refractivity contribution in [3.8, 4) is 11.5 Å². The van der Waals surface area contributed by atoms with Gasteiger partial charge in [0.25, 0.3) is 0 Å². The molecule has 36 heavy (non-hydrogen) atoms. The molecule has 1 atom stereocenters. The Morgan fingerprint density at radius 1 is 0.944 bits per heavy atom. The first kappa shape index (κ1) is 25.3. The molecule has 0 bridgehead atoms. The zero-order chi connectivity index (χ0) is 25.3. The number of esters is 1. The number of benzene rings is 3. The average Bonchev–Trinajstić information content (AvgIpc) is 3.75. The van der Waals surface area contributed by atoms with Crippen molar-refractivity contribution in [3.63, 3.8) is 0 Å². The van der Waals surface area contributed by atoms with Gasteiger partial charge >= 0.3 is 5.97 Å². The molecule has 188 valence electrons. The van der Waals surface area contributed by atoms with Crippen molar-refractivity contribution in [2.45, 2.75) is 38.7 Å². The largest absolute Gasteiger partial charge is 0.489 e. The number of carbonyl (C=O) groups is 1. The van der Waals surface area contributed by atoms with Gasteiger partial charge in [0.15, 0.2) is 0 Å².